The molecule has 0 saturated carbocycles. The number of piperidine rings is 1. The number of ether oxygens (including phenoxy) is 1. The zero-order valence-corrected chi connectivity index (χ0v) is 10.1. The Morgan fingerprint density at radius 1 is 1.33 bits per heavy atom. The molecule has 1 spiro atoms. The summed E-state index contributed by atoms with van der Waals surface area (Å²) in [4.78, 5) is 13.6. The molecule has 3 rings (SSSR count). The molecule has 5 heteroatoms. The van der Waals surface area contributed by atoms with Crippen LogP contribution in [0.1, 0.15) is 12.8 Å². The number of phenolic OH excluding ortho intramolecular Hbond substituents is 1. The van der Waals surface area contributed by atoms with Crippen LogP contribution in [0.2, 0.25) is 0 Å². The summed E-state index contributed by atoms with van der Waals surface area (Å²) >= 11 is 0. The van der Waals surface area contributed by atoms with E-state index >= 15 is 0 Å². The van der Waals surface area contributed by atoms with Crippen LogP contribution in [0.5, 0.6) is 5.75 Å². The number of nitrogens with zero attached hydrogens (tertiary/aromatic N) is 1. The van der Waals surface area contributed by atoms with Crippen LogP contribution < -0.4 is 10.2 Å². The molecule has 0 bridgehead atoms. The molecule has 2 saturated heterocycles. The standard InChI is InChI=1S/C13H16N2O3/c16-11-4-2-10(3-5-11)15-9-13(18-12(15)17)6-1-7-14-8-13/h2-5,14,16H,1,6-9H2. The molecule has 0 aliphatic carbocycles. The lowest BCUT2D eigenvalue weighted by molar-refractivity contribution is 0.0366. The second-order valence-electron chi connectivity index (χ2n) is 4.93. The highest BCUT2D eigenvalue weighted by molar-refractivity contribution is 5.90. The number of carbonyl (C=O) groups excluding carboxylic acids is 1. The average Bonchev–Trinajstić information content (AvgIpc) is 2.68. The summed E-state index contributed by atoms with van der Waals surface area (Å²) in [6.07, 6.45) is 1.63. The molecule has 2 heterocycles. The zero-order chi connectivity index (χ0) is 12.6. The van der Waals surface area contributed by atoms with Crippen molar-refractivity contribution in [2.24, 2.45) is 0 Å². The van der Waals surface area contributed by atoms with Gasteiger partial charge in [-0.2, -0.15) is 0 Å². The third-order valence-electron chi connectivity index (χ3n) is 3.56. The van der Waals surface area contributed by atoms with Gasteiger partial charge < -0.3 is 15.2 Å². The first-order valence-corrected chi connectivity index (χ1v) is 6.19. The maximum Gasteiger partial charge on any atom is 0.415 e. The zero-order valence-electron chi connectivity index (χ0n) is 10.1. The fourth-order valence-electron chi connectivity index (χ4n) is 2.62. The van der Waals surface area contributed by atoms with Gasteiger partial charge in [0.1, 0.15) is 11.4 Å². The van der Waals surface area contributed by atoms with Gasteiger partial charge in [-0.05, 0) is 43.7 Å². The lowest BCUT2D eigenvalue weighted by Gasteiger charge is -2.31. The van der Waals surface area contributed by atoms with Crippen molar-refractivity contribution in [1.82, 2.24) is 5.32 Å². The molecule has 2 N–H and O–H groups in total. The van der Waals surface area contributed by atoms with Crippen molar-refractivity contribution < 1.29 is 14.6 Å². The Morgan fingerprint density at radius 3 is 2.78 bits per heavy atom. The molecular formula is C13H16N2O3. The number of aromatic hydroxyl groups is 1. The van der Waals surface area contributed by atoms with E-state index in [1.54, 1.807) is 29.2 Å². The lowest BCUT2D eigenvalue weighted by Crippen LogP contribution is -2.48. The molecule has 18 heavy (non-hydrogen) atoms. The summed E-state index contributed by atoms with van der Waals surface area (Å²) in [5.74, 6) is 0.195. The molecule has 1 atom stereocenters. The number of rotatable bonds is 1. The van der Waals surface area contributed by atoms with E-state index in [1.165, 1.54) is 0 Å². The van der Waals surface area contributed by atoms with Crippen molar-refractivity contribution in [3.63, 3.8) is 0 Å². The van der Waals surface area contributed by atoms with Crippen LogP contribution in [-0.4, -0.2) is 36.4 Å². The summed E-state index contributed by atoms with van der Waals surface area (Å²) in [6.45, 7) is 2.27. The van der Waals surface area contributed by atoms with E-state index < -0.39 is 0 Å². The first kappa shape index (κ1) is 11.3. The summed E-state index contributed by atoms with van der Waals surface area (Å²) in [5, 5.41) is 12.5. The Balaban J connectivity index is 1.82. The van der Waals surface area contributed by atoms with Gasteiger partial charge in [-0.15, -0.1) is 0 Å². The molecule has 1 unspecified atom stereocenters. The van der Waals surface area contributed by atoms with Gasteiger partial charge in [0.25, 0.3) is 0 Å². The highest BCUT2D eigenvalue weighted by Gasteiger charge is 2.46. The smallest absolute Gasteiger partial charge is 0.415 e. The van der Waals surface area contributed by atoms with Crippen molar-refractivity contribution in [1.29, 1.82) is 0 Å². The fourth-order valence-corrected chi connectivity index (χ4v) is 2.62. The van der Waals surface area contributed by atoms with Gasteiger partial charge in [0.2, 0.25) is 0 Å². The Labute approximate surface area is 105 Å². The van der Waals surface area contributed by atoms with Gasteiger partial charge in [0.05, 0.1) is 6.54 Å². The Hall–Kier alpha value is -1.75. The van der Waals surface area contributed by atoms with Crippen LogP contribution >= 0.6 is 0 Å². The van der Waals surface area contributed by atoms with E-state index in [4.69, 9.17) is 4.74 Å². The molecule has 2 aliphatic rings. The van der Waals surface area contributed by atoms with Gasteiger partial charge in [-0.1, -0.05) is 0 Å². The lowest BCUT2D eigenvalue weighted by atomic mass is 9.94. The average molecular weight is 248 g/mol. The van der Waals surface area contributed by atoms with Gasteiger partial charge in [-0.3, -0.25) is 4.90 Å². The summed E-state index contributed by atoms with van der Waals surface area (Å²) < 4.78 is 5.55. The molecule has 96 valence electrons. The molecule has 0 aromatic heterocycles. The van der Waals surface area contributed by atoms with Gasteiger partial charge in [0, 0.05) is 12.2 Å². The van der Waals surface area contributed by atoms with Crippen LogP contribution in [0.25, 0.3) is 0 Å². The minimum atomic E-state index is -0.382. The predicted molar refractivity (Wildman–Crippen MR) is 66.8 cm³/mol. The molecule has 2 aliphatic heterocycles. The number of carbonyl (C=O) groups is 1. The van der Waals surface area contributed by atoms with E-state index in [0.29, 0.717) is 13.1 Å². The summed E-state index contributed by atoms with van der Waals surface area (Å²) in [7, 11) is 0. The molecule has 0 radical (unpaired) electrons. The SMILES string of the molecule is O=C1OC2(CCCNC2)CN1c1ccc(O)cc1. The second-order valence-corrected chi connectivity index (χ2v) is 4.93. The third kappa shape index (κ3) is 1.90. The number of benzene rings is 1. The number of phenols is 1. The number of anilines is 1. The summed E-state index contributed by atoms with van der Waals surface area (Å²) in [5.41, 5.74) is 0.382. The Bertz CT molecular complexity index is 452. The molecule has 1 amide bonds. The Morgan fingerprint density at radius 2 is 2.11 bits per heavy atom. The fraction of sp³-hybridized carbons (Fsp3) is 0.462. The number of nitrogens with one attached hydrogen (secondary N) is 1. The third-order valence-corrected chi connectivity index (χ3v) is 3.56. The monoisotopic (exact) mass is 248 g/mol. The van der Waals surface area contributed by atoms with E-state index in [0.717, 1.165) is 25.1 Å². The Kier molecular flexibility index (Phi) is 2.63. The molecule has 5 nitrogen and oxygen atoms in total. The molecular weight excluding hydrogens is 232 g/mol. The second kappa shape index (κ2) is 4.17. The number of amides is 1. The predicted octanol–water partition coefficient (Wildman–Crippen LogP) is 1.47. The number of hydrogen-bond acceptors (Lipinski definition) is 4. The van der Waals surface area contributed by atoms with Gasteiger partial charge in [-0.25, -0.2) is 4.79 Å². The maximum absolute atomic E-state index is 11.9. The van der Waals surface area contributed by atoms with Crippen LogP contribution in [0.15, 0.2) is 24.3 Å². The van der Waals surface area contributed by atoms with Crippen LogP contribution in [0, 0.1) is 0 Å². The minimum absolute atomic E-state index is 0.195. The van der Waals surface area contributed by atoms with Crippen LogP contribution in [-0.2, 0) is 4.74 Å². The first-order valence-electron chi connectivity index (χ1n) is 6.19. The van der Waals surface area contributed by atoms with Gasteiger partial charge >= 0.3 is 6.09 Å². The van der Waals surface area contributed by atoms with E-state index in [1.807, 2.05) is 0 Å². The summed E-state index contributed by atoms with van der Waals surface area (Å²) in [6, 6.07) is 6.61. The molecule has 2 fully saturated rings. The van der Waals surface area contributed by atoms with E-state index in [-0.39, 0.29) is 17.4 Å². The minimum Gasteiger partial charge on any atom is -0.508 e. The largest absolute Gasteiger partial charge is 0.508 e. The first-order chi connectivity index (χ1) is 8.69. The van der Waals surface area contributed by atoms with Crippen molar-refractivity contribution in [2.75, 3.05) is 24.5 Å². The van der Waals surface area contributed by atoms with E-state index in [2.05, 4.69) is 5.32 Å². The highest BCUT2D eigenvalue weighted by atomic mass is 16.6. The van der Waals surface area contributed by atoms with Crippen molar-refractivity contribution in [3.8, 4) is 5.75 Å². The van der Waals surface area contributed by atoms with Gasteiger partial charge in [0.15, 0.2) is 0 Å². The van der Waals surface area contributed by atoms with Crippen LogP contribution in [0.4, 0.5) is 10.5 Å². The highest BCUT2D eigenvalue weighted by Crippen LogP contribution is 2.32. The maximum atomic E-state index is 11.9. The molecule has 1 aromatic carbocycles. The van der Waals surface area contributed by atoms with Crippen molar-refractivity contribution >= 4 is 11.8 Å². The van der Waals surface area contributed by atoms with Crippen molar-refractivity contribution in [2.45, 2.75) is 18.4 Å². The van der Waals surface area contributed by atoms with Crippen LogP contribution in [0.3, 0.4) is 0 Å². The topological polar surface area (TPSA) is 61.8 Å². The quantitative estimate of drug-likeness (QED) is 0.790. The number of hydrogen-bond donors (Lipinski definition) is 2. The van der Waals surface area contributed by atoms with E-state index in [9.17, 15) is 9.90 Å². The van der Waals surface area contributed by atoms with Crippen molar-refractivity contribution in [3.05, 3.63) is 24.3 Å². The normalized spacial score (nSPS) is 27.6. The molecule has 1 aromatic rings.